The molecule has 25 heavy (non-hydrogen) atoms. The number of carbonyl (C=O) groups is 1. The monoisotopic (exact) mass is 358 g/mol. The second-order valence-corrected chi connectivity index (χ2v) is 7.19. The summed E-state index contributed by atoms with van der Waals surface area (Å²) in [7, 11) is 0. The van der Waals surface area contributed by atoms with Crippen LogP contribution in [-0.4, -0.2) is 29.0 Å². The van der Waals surface area contributed by atoms with Gasteiger partial charge in [0.25, 0.3) is 0 Å². The molecule has 1 aromatic carbocycles. The van der Waals surface area contributed by atoms with Crippen LogP contribution in [0, 0.1) is 5.82 Å². The Labute approximate surface area is 148 Å². The highest BCUT2D eigenvalue weighted by atomic mass is 32.1. The number of thiazole rings is 1. The van der Waals surface area contributed by atoms with Crippen LogP contribution in [0.2, 0.25) is 0 Å². The Bertz CT molecular complexity index is 898. The zero-order valence-corrected chi connectivity index (χ0v) is 14.5. The fourth-order valence-electron chi connectivity index (χ4n) is 3.28. The third-order valence-corrected chi connectivity index (χ3v) is 5.38. The number of carbonyl (C=O) groups excluding carboxylic acids is 1. The Morgan fingerprint density at radius 1 is 1.36 bits per heavy atom. The zero-order chi connectivity index (χ0) is 17.2. The number of aromatic amines is 1. The third kappa shape index (κ3) is 3.57. The van der Waals surface area contributed by atoms with Crippen LogP contribution in [0.15, 0.2) is 29.8 Å². The van der Waals surface area contributed by atoms with Gasteiger partial charge in [-0.15, -0.1) is 11.3 Å². The molecule has 1 amide bonds. The van der Waals surface area contributed by atoms with Crippen LogP contribution in [0.1, 0.15) is 30.0 Å². The first-order chi connectivity index (χ1) is 12.2. The van der Waals surface area contributed by atoms with E-state index in [1.54, 1.807) is 12.3 Å². The van der Waals surface area contributed by atoms with Crippen molar-refractivity contribution in [3.05, 3.63) is 46.9 Å². The van der Waals surface area contributed by atoms with Crippen molar-refractivity contribution >= 4 is 33.3 Å². The Morgan fingerprint density at radius 3 is 3.04 bits per heavy atom. The van der Waals surface area contributed by atoms with E-state index in [2.05, 4.69) is 20.6 Å². The van der Waals surface area contributed by atoms with Crippen LogP contribution in [0.25, 0.3) is 10.9 Å². The van der Waals surface area contributed by atoms with Crippen LogP contribution in [0.4, 0.5) is 9.52 Å². The Hall–Kier alpha value is -2.25. The molecule has 1 aliphatic rings. The summed E-state index contributed by atoms with van der Waals surface area (Å²) >= 11 is 1.46. The first kappa shape index (κ1) is 16.2. The molecular weight excluding hydrogens is 339 g/mol. The van der Waals surface area contributed by atoms with Crippen molar-refractivity contribution in [3.8, 4) is 0 Å². The van der Waals surface area contributed by atoms with Gasteiger partial charge in [-0.05, 0) is 49.7 Å². The molecule has 5 nitrogen and oxygen atoms in total. The second kappa shape index (κ2) is 6.93. The molecule has 4 rings (SSSR count). The van der Waals surface area contributed by atoms with E-state index in [0.29, 0.717) is 11.0 Å². The maximum absolute atomic E-state index is 13.4. The first-order valence-corrected chi connectivity index (χ1v) is 9.28. The van der Waals surface area contributed by atoms with Crippen molar-refractivity contribution < 1.29 is 9.18 Å². The van der Waals surface area contributed by atoms with E-state index in [4.69, 9.17) is 0 Å². The number of fused-ring (bicyclic) bond motifs is 1. The molecular formula is C18H19FN4OS. The predicted molar refractivity (Wildman–Crippen MR) is 97.5 cm³/mol. The summed E-state index contributed by atoms with van der Waals surface area (Å²) in [6.07, 6.45) is 4.10. The fraction of sp³-hybridized carbons (Fsp3) is 0.333. The number of hydrogen-bond acceptors (Lipinski definition) is 4. The molecule has 0 saturated carbocycles. The lowest BCUT2D eigenvalue weighted by Crippen LogP contribution is -2.26. The normalized spacial score (nSPS) is 15.6. The van der Waals surface area contributed by atoms with Gasteiger partial charge in [-0.25, -0.2) is 9.37 Å². The van der Waals surface area contributed by atoms with Crippen LogP contribution >= 0.6 is 11.3 Å². The number of rotatable bonds is 4. The number of aromatic nitrogens is 2. The maximum atomic E-state index is 13.4. The number of amides is 1. The molecule has 7 heteroatoms. The Kier molecular flexibility index (Phi) is 4.50. The number of halogens is 1. The fourth-order valence-corrected chi connectivity index (χ4v) is 4.09. The highest BCUT2D eigenvalue weighted by molar-refractivity contribution is 7.13. The molecule has 3 N–H and O–H groups in total. The van der Waals surface area contributed by atoms with Gasteiger partial charge in [0.05, 0.1) is 12.1 Å². The van der Waals surface area contributed by atoms with Gasteiger partial charge in [-0.2, -0.15) is 0 Å². The molecule has 1 fully saturated rings. The molecule has 3 aromatic rings. The van der Waals surface area contributed by atoms with Gasteiger partial charge in [0.15, 0.2) is 5.13 Å². The highest BCUT2D eigenvalue weighted by Gasteiger charge is 2.19. The lowest BCUT2D eigenvalue weighted by atomic mass is 9.96. The van der Waals surface area contributed by atoms with E-state index < -0.39 is 0 Å². The van der Waals surface area contributed by atoms with Crippen molar-refractivity contribution in [1.82, 2.24) is 15.3 Å². The van der Waals surface area contributed by atoms with Gasteiger partial charge in [0.2, 0.25) is 5.91 Å². The minimum absolute atomic E-state index is 0.142. The minimum Gasteiger partial charge on any atom is -0.361 e. The van der Waals surface area contributed by atoms with Gasteiger partial charge in [-0.3, -0.25) is 4.79 Å². The van der Waals surface area contributed by atoms with Crippen molar-refractivity contribution in [2.24, 2.45) is 0 Å². The molecule has 0 radical (unpaired) electrons. The number of H-pyrrole nitrogens is 1. The molecule has 0 spiro atoms. The summed E-state index contributed by atoms with van der Waals surface area (Å²) in [6, 6.07) is 4.53. The summed E-state index contributed by atoms with van der Waals surface area (Å²) in [5.74, 6) is 0.0245. The maximum Gasteiger partial charge on any atom is 0.230 e. The van der Waals surface area contributed by atoms with Gasteiger partial charge >= 0.3 is 0 Å². The standard InChI is InChI=1S/C18H19FN4OS/c19-13-1-2-15-14(8-13)12(9-21-15)7-17(24)23-18-22-16(10-25-18)11-3-5-20-6-4-11/h1-2,8-11,20-21H,3-7H2,(H,22,23,24). The first-order valence-electron chi connectivity index (χ1n) is 8.40. The van der Waals surface area contributed by atoms with E-state index in [9.17, 15) is 9.18 Å². The smallest absolute Gasteiger partial charge is 0.230 e. The number of hydrogen-bond donors (Lipinski definition) is 3. The molecule has 2 aromatic heterocycles. The van der Waals surface area contributed by atoms with Gasteiger partial charge in [0.1, 0.15) is 5.82 Å². The number of nitrogens with zero attached hydrogens (tertiary/aromatic N) is 1. The summed E-state index contributed by atoms with van der Waals surface area (Å²) in [4.78, 5) is 20.0. The summed E-state index contributed by atoms with van der Waals surface area (Å²) < 4.78 is 13.4. The average molecular weight is 358 g/mol. The van der Waals surface area contributed by atoms with Crippen LogP contribution in [-0.2, 0) is 11.2 Å². The van der Waals surface area contributed by atoms with Crippen LogP contribution < -0.4 is 10.6 Å². The van der Waals surface area contributed by atoms with Crippen LogP contribution in [0.3, 0.4) is 0 Å². The summed E-state index contributed by atoms with van der Waals surface area (Å²) in [6.45, 7) is 2.03. The van der Waals surface area contributed by atoms with Crippen molar-refractivity contribution in [2.45, 2.75) is 25.2 Å². The van der Waals surface area contributed by atoms with E-state index in [0.717, 1.165) is 48.1 Å². The summed E-state index contributed by atoms with van der Waals surface area (Å²) in [5, 5.41) is 9.61. The quantitative estimate of drug-likeness (QED) is 0.669. The van der Waals surface area contributed by atoms with Gasteiger partial charge in [0, 0.05) is 28.4 Å². The molecule has 1 saturated heterocycles. The van der Waals surface area contributed by atoms with Crippen molar-refractivity contribution in [1.29, 1.82) is 0 Å². The van der Waals surface area contributed by atoms with Gasteiger partial charge < -0.3 is 15.6 Å². The Morgan fingerprint density at radius 2 is 2.20 bits per heavy atom. The van der Waals surface area contributed by atoms with E-state index in [-0.39, 0.29) is 18.1 Å². The number of anilines is 1. The summed E-state index contributed by atoms with van der Waals surface area (Å²) in [5.41, 5.74) is 2.67. The second-order valence-electron chi connectivity index (χ2n) is 6.33. The highest BCUT2D eigenvalue weighted by Crippen LogP contribution is 2.28. The molecule has 0 atom stereocenters. The molecule has 130 valence electrons. The molecule has 0 unspecified atom stereocenters. The SMILES string of the molecule is O=C(Cc1c[nH]c2ccc(F)cc12)Nc1nc(C2CCNCC2)cs1. The zero-order valence-electron chi connectivity index (χ0n) is 13.6. The topological polar surface area (TPSA) is 69.8 Å². The average Bonchev–Trinajstić information content (AvgIpc) is 3.23. The molecule has 0 aliphatic carbocycles. The third-order valence-electron chi connectivity index (χ3n) is 4.61. The Balaban J connectivity index is 1.43. The van der Waals surface area contributed by atoms with Crippen LogP contribution in [0.5, 0.6) is 0 Å². The largest absolute Gasteiger partial charge is 0.361 e. The number of benzene rings is 1. The lowest BCUT2D eigenvalue weighted by molar-refractivity contribution is -0.115. The number of nitrogens with one attached hydrogen (secondary N) is 3. The molecule has 0 bridgehead atoms. The van der Waals surface area contributed by atoms with E-state index in [1.807, 2.05) is 5.38 Å². The lowest BCUT2D eigenvalue weighted by Gasteiger charge is -2.20. The van der Waals surface area contributed by atoms with E-state index >= 15 is 0 Å². The van der Waals surface area contributed by atoms with Crippen molar-refractivity contribution in [2.75, 3.05) is 18.4 Å². The predicted octanol–water partition coefficient (Wildman–Crippen LogP) is 3.41. The molecule has 1 aliphatic heterocycles. The van der Waals surface area contributed by atoms with Gasteiger partial charge in [-0.1, -0.05) is 0 Å². The number of piperidine rings is 1. The van der Waals surface area contributed by atoms with Crippen molar-refractivity contribution in [3.63, 3.8) is 0 Å². The minimum atomic E-state index is -0.305. The van der Waals surface area contributed by atoms with E-state index in [1.165, 1.54) is 23.5 Å². The molecule has 3 heterocycles.